The fourth-order valence-corrected chi connectivity index (χ4v) is 3.90. The number of rotatable bonds is 6. The van der Waals surface area contributed by atoms with Crippen molar-refractivity contribution in [3.05, 3.63) is 29.5 Å². The molecule has 1 fully saturated rings. The third-order valence-corrected chi connectivity index (χ3v) is 5.44. The van der Waals surface area contributed by atoms with Crippen LogP contribution in [0.15, 0.2) is 23.8 Å². The first kappa shape index (κ1) is 15.5. The molecule has 2 aromatic heterocycles. The van der Waals surface area contributed by atoms with Crippen LogP contribution >= 0.6 is 11.3 Å². The summed E-state index contributed by atoms with van der Waals surface area (Å²) >= 11 is 1.60. The molecule has 0 unspecified atom stereocenters. The van der Waals surface area contributed by atoms with Gasteiger partial charge in [0, 0.05) is 36.4 Å². The highest BCUT2D eigenvalue weighted by atomic mass is 32.1. The van der Waals surface area contributed by atoms with Crippen molar-refractivity contribution < 1.29 is 0 Å². The van der Waals surface area contributed by atoms with E-state index in [0.717, 1.165) is 23.8 Å². The van der Waals surface area contributed by atoms with Crippen LogP contribution in [0.5, 0.6) is 0 Å². The van der Waals surface area contributed by atoms with Gasteiger partial charge in [0.15, 0.2) is 10.8 Å². The van der Waals surface area contributed by atoms with Crippen molar-refractivity contribution in [1.82, 2.24) is 25.2 Å². The van der Waals surface area contributed by atoms with Gasteiger partial charge < -0.3 is 10.2 Å². The van der Waals surface area contributed by atoms with Crippen LogP contribution in [0.3, 0.4) is 0 Å². The zero-order valence-corrected chi connectivity index (χ0v) is 14.1. The smallest absolute Gasteiger partial charge is 0.188 e. The number of thiazole rings is 1. The molecule has 2 aromatic rings. The predicted octanol–water partition coefficient (Wildman–Crippen LogP) is 2.56. The summed E-state index contributed by atoms with van der Waals surface area (Å²) < 4.78 is 0. The van der Waals surface area contributed by atoms with Crippen LogP contribution in [0.1, 0.15) is 31.4 Å². The average Bonchev–Trinajstić information content (AvgIpc) is 3.18. The number of nitrogens with zero attached hydrogens (tertiary/aromatic N) is 4. The lowest BCUT2D eigenvalue weighted by atomic mass is 9.96. The quantitative estimate of drug-likeness (QED) is 0.887. The minimum atomic E-state index is 0.321. The summed E-state index contributed by atoms with van der Waals surface area (Å²) in [6.45, 7) is 1.83. The van der Waals surface area contributed by atoms with Crippen LogP contribution in [0.2, 0.25) is 0 Å². The Morgan fingerprint density at radius 1 is 1.23 bits per heavy atom. The molecule has 0 atom stereocenters. The molecule has 0 aliphatic heterocycles. The molecule has 6 heteroatoms. The van der Waals surface area contributed by atoms with Crippen molar-refractivity contribution >= 4 is 11.3 Å². The van der Waals surface area contributed by atoms with E-state index in [0.29, 0.717) is 11.4 Å². The van der Waals surface area contributed by atoms with Gasteiger partial charge in [0.2, 0.25) is 0 Å². The molecule has 0 spiro atoms. The lowest BCUT2D eigenvalue weighted by molar-refractivity contribution is 0.153. The normalized spacial score (nSPS) is 17.2. The Morgan fingerprint density at radius 2 is 1.95 bits per heavy atom. The van der Waals surface area contributed by atoms with Crippen LogP contribution in [-0.4, -0.2) is 46.0 Å². The zero-order valence-electron chi connectivity index (χ0n) is 13.2. The monoisotopic (exact) mass is 317 g/mol. The molecule has 0 bridgehead atoms. The second-order valence-electron chi connectivity index (χ2n) is 6.15. The van der Waals surface area contributed by atoms with E-state index >= 15 is 0 Å². The number of aromatic nitrogens is 3. The van der Waals surface area contributed by atoms with Crippen molar-refractivity contribution in [2.24, 2.45) is 0 Å². The van der Waals surface area contributed by atoms with E-state index in [9.17, 15) is 0 Å². The van der Waals surface area contributed by atoms with E-state index in [1.165, 1.54) is 25.7 Å². The van der Waals surface area contributed by atoms with E-state index in [4.69, 9.17) is 0 Å². The van der Waals surface area contributed by atoms with Gasteiger partial charge in [0.1, 0.15) is 0 Å². The van der Waals surface area contributed by atoms with Crippen LogP contribution < -0.4 is 5.32 Å². The maximum absolute atomic E-state index is 4.63. The highest BCUT2D eigenvalue weighted by Crippen LogP contribution is 2.33. The molecule has 118 valence electrons. The Bertz CT molecular complexity index is 590. The first-order chi connectivity index (χ1) is 10.7. The third kappa shape index (κ3) is 3.34. The molecule has 22 heavy (non-hydrogen) atoms. The molecule has 0 radical (unpaired) electrons. The highest BCUT2D eigenvalue weighted by Gasteiger charge is 2.35. The van der Waals surface area contributed by atoms with Gasteiger partial charge in [-0.15, -0.1) is 11.3 Å². The minimum Gasteiger partial charge on any atom is -0.309 e. The summed E-state index contributed by atoms with van der Waals surface area (Å²) in [7, 11) is 4.39. The molecule has 0 aromatic carbocycles. The van der Waals surface area contributed by atoms with Gasteiger partial charge in [-0.2, -0.15) is 0 Å². The number of hydrogen-bond donors (Lipinski definition) is 1. The third-order valence-electron chi connectivity index (χ3n) is 4.55. The van der Waals surface area contributed by atoms with Crippen molar-refractivity contribution in [3.8, 4) is 10.8 Å². The molecule has 1 aliphatic rings. The van der Waals surface area contributed by atoms with Gasteiger partial charge >= 0.3 is 0 Å². The fourth-order valence-electron chi connectivity index (χ4n) is 3.14. The van der Waals surface area contributed by atoms with E-state index < -0.39 is 0 Å². The second kappa shape index (κ2) is 6.81. The molecule has 0 saturated heterocycles. The average molecular weight is 317 g/mol. The van der Waals surface area contributed by atoms with Crippen LogP contribution in [0, 0.1) is 0 Å². The molecule has 1 N–H and O–H groups in total. The molecule has 5 nitrogen and oxygen atoms in total. The SMILES string of the molecule is CN(C)C1(CNCc2csc(-c3ncccn3)n2)CCCC1. The Kier molecular flexibility index (Phi) is 4.81. The number of likely N-dealkylation sites (N-methyl/N-ethyl adjacent to an activating group) is 1. The molecule has 3 rings (SSSR count). The molecular formula is C16H23N5S. The van der Waals surface area contributed by atoms with Gasteiger partial charge in [-0.1, -0.05) is 12.8 Å². The zero-order chi connectivity index (χ0) is 15.4. The summed E-state index contributed by atoms with van der Waals surface area (Å²) in [6.07, 6.45) is 8.75. The van der Waals surface area contributed by atoms with Gasteiger partial charge in [-0.25, -0.2) is 15.0 Å². The first-order valence-electron chi connectivity index (χ1n) is 7.80. The number of nitrogens with one attached hydrogen (secondary N) is 1. The topological polar surface area (TPSA) is 53.9 Å². The molecular weight excluding hydrogens is 294 g/mol. The van der Waals surface area contributed by atoms with E-state index in [1.54, 1.807) is 23.7 Å². The van der Waals surface area contributed by atoms with Crippen LogP contribution in [-0.2, 0) is 6.54 Å². The van der Waals surface area contributed by atoms with Gasteiger partial charge in [-0.3, -0.25) is 0 Å². The first-order valence-corrected chi connectivity index (χ1v) is 8.68. The van der Waals surface area contributed by atoms with Gasteiger partial charge in [0.05, 0.1) is 5.69 Å². The Balaban J connectivity index is 1.57. The minimum absolute atomic E-state index is 0.321. The summed E-state index contributed by atoms with van der Waals surface area (Å²) in [5, 5.41) is 6.57. The summed E-state index contributed by atoms with van der Waals surface area (Å²) in [6, 6.07) is 1.82. The Morgan fingerprint density at radius 3 is 2.64 bits per heavy atom. The molecule has 2 heterocycles. The molecule has 1 aliphatic carbocycles. The highest BCUT2D eigenvalue weighted by molar-refractivity contribution is 7.13. The fraction of sp³-hybridized carbons (Fsp3) is 0.562. The molecule has 1 saturated carbocycles. The lowest BCUT2D eigenvalue weighted by Crippen LogP contribution is -2.49. The van der Waals surface area contributed by atoms with Crippen molar-refractivity contribution in [1.29, 1.82) is 0 Å². The van der Waals surface area contributed by atoms with Gasteiger partial charge in [0.25, 0.3) is 0 Å². The largest absolute Gasteiger partial charge is 0.309 e. The van der Waals surface area contributed by atoms with E-state index in [-0.39, 0.29) is 0 Å². The van der Waals surface area contributed by atoms with Crippen LogP contribution in [0.25, 0.3) is 10.8 Å². The maximum Gasteiger partial charge on any atom is 0.188 e. The van der Waals surface area contributed by atoms with E-state index in [1.807, 2.05) is 6.07 Å². The van der Waals surface area contributed by atoms with Crippen molar-refractivity contribution in [2.75, 3.05) is 20.6 Å². The predicted molar refractivity (Wildman–Crippen MR) is 89.7 cm³/mol. The summed E-state index contributed by atoms with van der Waals surface area (Å²) in [5.41, 5.74) is 1.39. The van der Waals surface area contributed by atoms with Crippen LogP contribution in [0.4, 0.5) is 0 Å². The van der Waals surface area contributed by atoms with Crippen molar-refractivity contribution in [3.63, 3.8) is 0 Å². The standard InChI is InChI=1S/C16H23N5S/c1-21(2)16(6-3-4-7-16)12-17-10-13-11-22-15(20-13)14-18-8-5-9-19-14/h5,8-9,11,17H,3-4,6-7,10,12H2,1-2H3. The Hall–Kier alpha value is -1.37. The summed E-state index contributed by atoms with van der Waals surface area (Å²) in [4.78, 5) is 15.5. The Labute approximate surface area is 135 Å². The second-order valence-corrected chi connectivity index (χ2v) is 7.00. The van der Waals surface area contributed by atoms with Crippen molar-refractivity contribution in [2.45, 2.75) is 37.8 Å². The number of hydrogen-bond acceptors (Lipinski definition) is 6. The van der Waals surface area contributed by atoms with Gasteiger partial charge in [-0.05, 0) is 33.0 Å². The maximum atomic E-state index is 4.63. The van der Waals surface area contributed by atoms with E-state index in [2.05, 4.69) is 44.6 Å². The molecule has 0 amide bonds. The summed E-state index contributed by atoms with van der Waals surface area (Å²) in [5.74, 6) is 0.708. The lowest BCUT2D eigenvalue weighted by Gasteiger charge is -2.36.